The van der Waals surface area contributed by atoms with Crippen molar-refractivity contribution in [3.05, 3.63) is 0 Å². The van der Waals surface area contributed by atoms with E-state index in [1.165, 1.54) is 19.8 Å². The second-order valence-electron chi connectivity index (χ2n) is 11.3. The number of Topliss-reactive ketones (excluding diaryl/α,β-unsaturated/α-hetero) is 1. The van der Waals surface area contributed by atoms with Crippen LogP contribution in [0.1, 0.15) is 79.1 Å². The fourth-order valence-electron chi connectivity index (χ4n) is 9.04. The maximum atomic E-state index is 12.7. The lowest BCUT2D eigenvalue weighted by molar-refractivity contribution is -0.308. The van der Waals surface area contributed by atoms with Gasteiger partial charge < -0.3 is 14.2 Å². The Morgan fingerprint density at radius 3 is 2.33 bits per heavy atom. The molecular weight excluding hydrogens is 380 g/mol. The zero-order chi connectivity index (χ0) is 21.3. The summed E-state index contributed by atoms with van der Waals surface area (Å²) in [4.78, 5) is 24.2. The van der Waals surface area contributed by atoms with Crippen LogP contribution >= 0.6 is 0 Å². The van der Waals surface area contributed by atoms with Gasteiger partial charge in [-0.2, -0.15) is 0 Å². The molecule has 0 aromatic carbocycles. The highest BCUT2D eigenvalue weighted by Crippen LogP contribution is 2.71. The van der Waals surface area contributed by atoms with Crippen LogP contribution in [-0.4, -0.2) is 36.9 Å². The third kappa shape index (κ3) is 2.73. The Morgan fingerprint density at radius 2 is 1.67 bits per heavy atom. The molecule has 0 aromatic rings. The van der Waals surface area contributed by atoms with Crippen LogP contribution in [-0.2, 0) is 23.8 Å². The van der Waals surface area contributed by atoms with Gasteiger partial charge in [0.2, 0.25) is 0 Å². The van der Waals surface area contributed by atoms with Crippen LogP contribution in [0.3, 0.4) is 0 Å². The molecule has 5 aliphatic rings. The molecule has 5 rings (SSSR count). The smallest absolute Gasteiger partial charge is 0.302 e. The first kappa shape index (κ1) is 20.9. The molecule has 30 heavy (non-hydrogen) atoms. The van der Waals surface area contributed by atoms with E-state index in [-0.39, 0.29) is 28.8 Å². The summed E-state index contributed by atoms with van der Waals surface area (Å²) in [5, 5.41) is 0. The largest absolute Gasteiger partial charge is 0.463 e. The molecule has 4 aliphatic carbocycles. The molecule has 8 unspecified atom stereocenters. The van der Waals surface area contributed by atoms with Gasteiger partial charge in [0.05, 0.1) is 13.2 Å². The van der Waals surface area contributed by atoms with Gasteiger partial charge >= 0.3 is 5.97 Å². The van der Waals surface area contributed by atoms with Crippen molar-refractivity contribution < 1.29 is 23.8 Å². The van der Waals surface area contributed by atoms with E-state index in [0.717, 1.165) is 38.5 Å². The summed E-state index contributed by atoms with van der Waals surface area (Å²) in [5.74, 6) is 1.87. The zero-order valence-corrected chi connectivity index (χ0v) is 19.1. The van der Waals surface area contributed by atoms with Crippen molar-refractivity contribution in [2.24, 2.45) is 40.4 Å². The van der Waals surface area contributed by atoms with Gasteiger partial charge in [-0.05, 0) is 81.0 Å². The number of ketones is 1. The lowest BCUT2D eigenvalue weighted by Gasteiger charge is -2.64. The van der Waals surface area contributed by atoms with Crippen LogP contribution in [0, 0.1) is 40.4 Å². The van der Waals surface area contributed by atoms with Gasteiger partial charge in [0.15, 0.2) is 5.79 Å². The lowest BCUT2D eigenvalue weighted by atomic mass is 9.43. The standard InChI is InChI=1S/C25H38O5/c1-15(26)20-7-8-21-19-6-5-17-13-18(30-16(2)27)9-10-23(17,3)22(19)14-25(24(20,21)4)28-11-12-29-25/h17-22H,5-14H2,1-4H3. The average Bonchev–Trinajstić information content (AvgIpc) is 3.29. The van der Waals surface area contributed by atoms with Gasteiger partial charge in [-0.25, -0.2) is 0 Å². The number of hydrogen-bond acceptors (Lipinski definition) is 5. The molecule has 1 heterocycles. The molecule has 1 spiro atoms. The summed E-state index contributed by atoms with van der Waals surface area (Å²) < 4.78 is 18.6. The highest BCUT2D eigenvalue weighted by Gasteiger charge is 2.71. The van der Waals surface area contributed by atoms with Crippen molar-refractivity contribution >= 4 is 11.8 Å². The topological polar surface area (TPSA) is 61.8 Å². The molecule has 4 saturated carbocycles. The Kier molecular flexibility index (Phi) is 4.91. The Morgan fingerprint density at radius 1 is 0.933 bits per heavy atom. The van der Waals surface area contributed by atoms with Gasteiger partial charge in [-0.3, -0.25) is 9.59 Å². The van der Waals surface area contributed by atoms with Gasteiger partial charge in [0.25, 0.3) is 0 Å². The maximum absolute atomic E-state index is 12.7. The molecule has 1 aliphatic heterocycles. The molecule has 5 heteroatoms. The highest BCUT2D eigenvalue weighted by molar-refractivity contribution is 5.80. The van der Waals surface area contributed by atoms with E-state index in [2.05, 4.69) is 13.8 Å². The molecule has 168 valence electrons. The SMILES string of the molecule is CC(=O)OC1CCC2(C)C(CCC3C2CC2(OCCO2)C2(C)C(C(C)=O)CCC32)C1. The van der Waals surface area contributed by atoms with Crippen molar-refractivity contribution in [2.75, 3.05) is 13.2 Å². The van der Waals surface area contributed by atoms with Gasteiger partial charge in [-0.15, -0.1) is 0 Å². The van der Waals surface area contributed by atoms with E-state index in [0.29, 0.717) is 42.7 Å². The summed E-state index contributed by atoms with van der Waals surface area (Å²) >= 11 is 0. The second-order valence-corrected chi connectivity index (χ2v) is 11.3. The highest BCUT2D eigenvalue weighted by atomic mass is 16.7. The minimum Gasteiger partial charge on any atom is -0.463 e. The molecule has 0 aromatic heterocycles. The third-order valence-corrected chi connectivity index (χ3v) is 10.4. The first-order chi connectivity index (χ1) is 14.2. The predicted octanol–water partition coefficient (Wildman–Crippen LogP) is 4.52. The van der Waals surface area contributed by atoms with Crippen molar-refractivity contribution in [1.82, 2.24) is 0 Å². The molecule has 0 radical (unpaired) electrons. The Labute approximate surface area is 180 Å². The van der Waals surface area contributed by atoms with Crippen molar-refractivity contribution in [1.29, 1.82) is 0 Å². The van der Waals surface area contributed by atoms with Gasteiger partial charge in [0.1, 0.15) is 11.9 Å². The molecule has 0 N–H and O–H groups in total. The summed E-state index contributed by atoms with van der Waals surface area (Å²) in [6.45, 7) is 9.36. The van der Waals surface area contributed by atoms with Crippen LogP contribution in [0.5, 0.6) is 0 Å². The van der Waals surface area contributed by atoms with E-state index < -0.39 is 5.79 Å². The average molecular weight is 419 g/mol. The van der Waals surface area contributed by atoms with Crippen LogP contribution in [0.25, 0.3) is 0 Å². The fourth-order valence-corrected chi connectivity index (χ4v) is 9.04. The van der Waals surface area contributed by atoms with Crippen molar-refractivity contribution in [3.63, 3.8) is 0 Å². The van der Waals surface area contributed by atoms with E-state index in [1.807, 2.05) is 0 Å². The van der Waals surface area contributed by atoms with Crippen LogP contribution in [0.4, 0.5) is 0 Å². The summed E-state index contributed by atoms with van der Waals surface area (Å²) in [5.41, 5.74) is 0.0200. The quantitative estimate of drug-likeness (QED) is 0.617. The number of carbonyl (C=O) groups is 2. The second kappa shape index (κ2) is 7.03. The number of esters is 1. The zero-order valence-electron chi connectivity index (χ0n) is 19.1. The summed E-state index contributed by atoms with van der Waals surface area (Å²) in [6, 6.07) is 0. The molecule has 0 bridgehead atoms. The fraction of sp³-hybridized carbons (Fsp3) is 0.920. The van der Waals surface area contributed by atoms with E-state index in [9.17, 15) is 9.59 Å². The summed E-state index contributed by atoms with van der Waals surface area (Å²) in [7, 11) is 0. The van der Waals surface area contributed by atoms with Crippen LogP contribution in [0.15, 0.2) is 0 Å². The first-order valence-electron chi connectivity index (χ1n) is 12.2. The first-order valence-corrected chi connectivity index (χ1v) is 12.2. The Bertz CT molecular complexity index is 727. The number of ether oxygens (including phenoxy) is 3. The number of hydrogen-bond donors (Lipinski definition) is 0. The Hall–Kier alpha value is -0.940. The van der Waals surface area contributed by atoms with Crippen molar-refractivity contribution in [3.8, 4) is 0 Å². The van der Waals surface area contributed by atoms with E-state index >= 15 is 0 Å². The maximum Gasteiger partial charge on any atom is 0.302 e. The Balaban J connectivity index is 1.48. The van der Waals surface area contributed by atoms with Gasteiger partial charge in [0, 0.05) is 24.7 Å². The normalized spacial score (nSPS) is 49.2. The lowest BCUT2D eigenvalue weighted by Crippen LogP contribution is -2.65. The number of carbonyl (C=O) groups excluding carboxylic acids is 2. The monoisotopic (exact) mass is 418 g/mol. The van der Waals surface area contributed by atoms with Gasteiger partial charge in [-0.1, -0.05) is 13.8 Å². The number of fused-ring (bicyclic) bond motifs is 6. The van der Waals surface area contributed by atoms with Crippen LogP contribution < -0.4 is 0 Å². The molecule has 5 fully saturated rings. The number of rotatable bonds is 2. The van der Waals surface area contributed by atoms with Crippen LogP contribution in [0.2, 0.25) is 0 Å². The molecule has 5 nitrogen and oxygen atoms in total. The molecule has 0 amide bonds. The van der Waals surface area contributed by atoms with E-state index in [4.69, 9.17) is 14.2 Å². The minimum atomic E-state index is -0.608. The minimum absolute atomic E-state index is 0.0479. The molecular formula is C25H38O5. The third-order valence-electron chi connectivity index (χ3n) is 10.4. The van der Waals surface area contributed by atoms with Crippen molar-refractivity contribution in [2.45, 2.75) is 91.0 Å². The molecule has 1 saturated heterocycles. The summed E-state index contributed by atoms with van der Waals surface area (Å²) in [6.07, 6.45) is 8.57. The molecule has 8 atom stereocenters. The van der Waals surface area contributed by atoms with E-state index in [1.54, 1.807) is 6.92 Å². The predicted molar refractivity (Wildman–Crippen MR) is 111 cm³/mol.